The summed E-state index contributed by atoms with van der Waals surface area (Å²) in [4.78, 5) is 26.4. The van der Waals surface area contributed by atoms with Gasteiger partial charge in [0.1, 0.15) is 17.3 Å². The number of carbonyl (C=O) groups is 2. The number of hydrogen-bond donors (Lipinski definition) is 1. The van der Waals surface area contributed by atoms with Crippen LogP contribution in [0.2, 0.25) is 0 Å². The van der Waals surface area contributed by atoms with Gasteiger partial charge in [0, 0.05) is 28.0 Å². The van der Waals surface area contributed by atoms with Crippen LogP contribution in [0.3, 0.4) is 0 Å². The van der Waals surface area contributed by atoms with Gasteiger partial charge in [-0.2, -0.15) is 0 Å². The number of aliphatic hydroxyl groups excluding tert-OH is 1. The van der Waals surface area contributed by atoms with Crippen LogP contribution in [0, 0.1) is 12.7 Å². The third-order valence-electron chi connectivity index (χ3n) is 8.32. The minimum absolute atomic E-state index is 0.114. The van der Waals surface area contributed by atoms with Gasteiger partial charge in [-0.25, -0.2) is 4.39 Å². The summed E-state index contributed by atoms with van der Waals surface area (Å²) in [7, 11) is 1.93. The van der Waals surface area contributed by atoms with Crippen molar-refractivity contribution in [1.82, 2.24) is 0 Å². The van der Waals surface area contributed by atoms with E-state index in [9.17, 15) is 23.3 Å². The Morgan fingerprint density at radius 3 is 2.12 bits per heavy atom. The van der Waals surface area contributed by atoms with Gasteiger partial charge in [0.15, 0.2) is 17.3 Å². The number of methoxy groups -OCH3 is 2. The first-order valence-corrected chi connectivity index (χ1v) is 17.5. The summed E-state index contributed by atoms with van der Waals surface area (Å²) in [6.45, 7) is 3.81. The predicted molar refractivity (Wildman–Crippen MR) is 200 cm³/mol. The smallest absolute Gasteiger partial charge is 0.315 e. The quantitative estimate of drug-likeness (QED) is 0.0517. The first-order valence-electron chi connectivity index (χ1n) is 16.0. The van der Waals surface area contributed by atoms with Crippen LogP contribution in [0.15, 0.2) is 113 Å². The fourth-order valence-corrected chi connectivity index (χ4v) is 6.14. The lowest BCUT2D eigenvalue weighted by Gasteiger charge is -2.11. The van der Waals surface area contributed by atoms with Gasteiger partial charge in [-0.15, -0.1) is 0 Å². The monoisotopic (exact) mass is 704 g/mol. The molecular formula is C42H37FO7S. The molecule has 0 saturated heterocycles. The van der Waals surface area contributed by atoms with Gasteiger partial charge in [0.05, 0.1) is 20.6 Å². The molecule has 4 aromatic carbocycles. The van der Waals surface area contributed by atoms with Crippen molar-refractivity contribution in [1.29, 1.82) is 0 Å². The van der Waals surface area contributed by atoms with Crippen LogP contribution in [-0.2, 0) is 20.4 Å². The summed E-state index contributed by atoms with van der Waals surface area (Å²) < 4.78 is 42.7. The highest BCUT2D eigenvalue weighted by Gasteiger charge is 2.27. The summed E-state index contributed by atoms with van der Waals surface area (Å²) in [5.74, 6) is -0.451. The number of ether oxygens (including phenoxy) is 3. The second-order valence-corrected chi connectivity index (χ2v) is 13.2. The van der Waals surface area contributed by atoms with Crippen LogP contribution >= 0.6 is 0 Å². The largest absolute Gasteiger partial charge is 0.508 e. The van der Waals surface area contributed by atoms with E-state index < -0.39 is 28.4 Å². The van der Waals surface area contributed by atoms with Crippen molar-refractivity contribution < 1.29 is 37.5 Å². The molecule has 1 aliphatic carbocycles. The minimum Gasteiger partial charge on any atom is -0.508 e. The molecular weight excluding hydrogens is 668 g/mol. The molecule has 9 heteroatoms. The van der Waals surface area contributed by atoms with E-state index in [1.165, 1.54) is 31.4 Å². The molecule has 1 aliphatic rings. The molecule has 0 spiro atoms. The van der Waals surface area contributed by atoms with E-state index in [1.807, 2.05) is 50.3 Å². The van der Waals surface area contributed by atoms with Gasteiger partial charge in [-0.05, 0) is 125 Å². The summed E-state index contributed by atoms with van der Waals surface area (Å²) >= 11 is 0. The number of allylic oxidation sites excluding steroid dienone is 5. The molecule has 1 N–H and O–H groups in total. The van der Waals surface area contributed by atoms with Gasteiger partial charge in [-0.1, -0.05) is 48.6 Å². The van der Waals surface area contributed by atoms with Crippen molar-refractivity contribution in [2.24, 2.45) is 0 Å². The van der Waals surface area contributed by atoms with E-state index in [4.69, 9.17) is 14.2 Å². The Morgan fingerprint density at radius 1 is 0.784 bits per heavy atom. The van der Waals surface area contributed by atoms with Crippen LogP contribution < -0.4 is 14.2 Å². The Morgan fingerprint density at radius 2 is 1.43 bits per heavy atom. The van der Waals surface area contributed by atoms with Gasteiger partial charge >= 0.3 is 5.97 Å². The highest BCUT2D eigenvalue weighted by Crippen LogP contribution is 2.44. The third kappa shape index (κ3) is 9.06. The second-order valence-electron chi connectivity index (χ2n) is 11.8. The fourth-order valence-electron chi connectivity index (χ4n) is 5.62. The van der Waals surface area contributed by atoms with Crippen molar-refractivity contribution >= 4 is 51.9 Å². The number of halogens is 1. The van der Waals surface area contributed by atoms with Gasteiger partial charge in [0.25, 0.3) is 0 Å². The van der Waals surface area contributed by atoms with E-state index >= 15 is 0 Å². The first-order chi connectivity index (χ1) is 24.4. The van der Waals surface area contributed by atoms with Crippen LogP contribution in [-0.4, -0.2) is 41.5 Å². The van der Waals surface area contributed by atoms with Gasteiger partial charge < -0.3 is 19.3 Å². The number of aryl methyl sites for hydroxylation is 1. The van der Waals surface area contributed by atoms with E-state index in [2.05, 4.69) is 0 Å². The number of carbonyl (C=O) groups excluding carboxylic acids is 2. The fraction of sp³-hybridized carbons (Fsp3) is 0.143. The molecule has 5 rings (SSSR count). The molecule has 0 amide bonds. The SMILES string of the molecule is COc1cc(/C=C/C(=O)C=C(O)/C=C/c2ccc(OC(=O)CC3=C(C)/C(=C/c4ccc(S(C)=O)cc4)c4ccc(F)cc43)c(OC)c2)ccc1C. The molecule has 7 nitrogen and oxygen atoms in total. The average Bonchev–Trinajstić information content (AvgIpc) is 3.35. The summed E-state index contributed by atoms with van der Waals surface area (Å²) in [5, 5.41) is 10.3. The molecule has 4 aromatic rings. The molecule has 1 atom stereocenters. The van der Waals surface area contributed by atoms with Crippen LogP contribution in [0.25, 0.3) is 29.4 Å². The van der Waals surface area contributed by atoms with Crippen LogP contribution in [0.1, 0.15) is 46.7 Å². The normalized spacial score (nSPS) is 14.3. The van der Waals surface area contributed by atoms with Crippen molar-refractivity contribution in [2.45, 2.75) is 25.2 Å². The number of fused-ring (bicyclic) bond motifs is 1. The Balaban J connectivity index is 1.28. The maximum Gasteiger partial charge on any atom is 0.315 e. The van der Waals surface area contributed by atoms with E-state index in [0.717, 1.165) is 39.5 Å². The average molecular weight is 705 g/mol. The van der Waals surface area contributed by atoms with Crippen molar-refractivity contribution in [3.8, 4) is 17.2 Å². The Bertz CT molecular complexity index is 2170. The molecule has 0 aliphatic heterocycles. The number of ketones is 1. The number of hydrogen-bond acceptors (Lipinski definition) is 7. The lowest BCUT2D eigenvalue weighted by atomic mass is 10.0. The highest BCUT2D eigenvalue weighted by atomic mass is 32.2. The Kier molecular flexibility index (Phi) is 11.6. The van der Waals surface area contributed by atoms with Crippen molar-refractivity contribution in [2.75, 3.05) is 20.5 Å². The van der Waals surface area contributed by atoms with Gasteiger partial charge in [0.2, 0.25) is 0 Å². The van der Waals surface area contributed by atoms with Crippen molar-refractivity contribution in [3.05, 3.63) is 148 Å². The summed E-state index contributed by atoms with van der Waals surface area (Å²) in [5.41, 5.74) is 7.00. The number of benzene rings is 4. The lowest BCUT2D eigenvalue weighted by Crippen LogP contribution is -2.09. The van der Waals surface area contributed by atoms with E-state index in [-0.39, 0.29) is 23.7 Å². The minimum atomic E-state index is -1.10. The highest BCUT2D eigenvalue weighted by molar-refractivity contribution is 7.84. The second kappa shape index (κ2) is 16.3. The number of esters is 1. The van der Waals surface area contributed by atoms with Crippen LogP contribution in [0.5, 0.6) is 17.2 Å². The molecule has 51 heavy (non-hydrogen) atoms. The van der Waals surface area contributed by atoms with Crippen LogP contribution in [0.4, 0.5) is 4.39 Å². The molecule has 0 heterocycles. The van der Waals surface area contributed by atoms with E-state index in [1.54, 1.807) is 61.9 Å². The number of rotatable bonds is 12. The van der Waals surface area contributed by atoms with Gasteiger partial charge in [-0.3, -0.25) is 13.8 Å². The Labute approximate surface area is 299 Å². The molecule has 0 fully saturated rings. The molecule has 0 radical (unpaired) electrons. The molecule has 0 aromatic heterocycles. The standard InChI is InChI=1S/C42H37FO7S/c1-26-6-7-29(21-40(26)48-3)8-14-32(44)24-33(45)15-9-30-12-19-39(41(22-30)49-4)50-42(46)25-37-27(2)36(35-18-13-31(43)23-38(35)37)20-28-10-16-34(17-11-28)51(5)47/h6-24,45H,25H2,1-5H3/b14-8+,15-9+,33-24?,36-20-. The first kappa shape index (κ1) is 36.5. The predicted octanol–water partition coefficient (Wildman–Crippen LogP) is 8.95. The molecule has 0 saturated carbocycles. The maximum atomic E-state index is 14.4. The maximum absolute atomic E-state index is 14.4. The number of aliphatic hydroxyl groups is 1. The zero-order valence-corrected chi connectivity index (χ0v) is 29.7. The molecule has 260 valence electrons. The zero-order valence-electron chi connectivity index (χ0n) is 28.9. The zero-order chi connectivity index (χ0) is 36.7. The lowest BCUT2D eigenvalue weighted by molar-refractivity contribution is -0.133. The Hall–Kier alpha value is -5.80. The topological polar surface area (TPSA) is 99.1 Å². The summed E-state index contributed by atoms with van der Waals surface area (Å²) in [6.07, 6.45) is 10.5. The van der Waals surface area contributed by atoms with Crippen molar-refractivity contribution in [3.63, 3.8) is 0 Å². The van der Waals surface area contributed by atoms with E-state index in [0.29, 0.717) is 27.3 Å². The molecule has 0 bridgehead atoms. The summed E-state index contributed by atoms with van der Waals surface area (Å²) in [6, 6.07) is 22.3. The molecule has 1 unspecified atom stereocenters. The third-order valence-corrected chi connectivity index (χ3v) is 9.25.